The van der Waals surface area contributed by atoms with E-state index in [1.807, 2.05) is 6.07 Å². The Morgan fingerprint density at radius 3 is 2.29 bits per heavy atom. The maximum atomic E-state index is 13.2. The zero-order chi connectivity index (χ0) is 12.3. The number of benzene rings is 2. The van der Waals surface area contributed by atoms with Gasteiger partial charge in [-0.2, -0.15) is 5.26 Å². The van der Waals surface area contributed by atoms with Crippen molar-refractivity contribution in [2.24, 2.45) is 0 Å². The summed E-state index contributed by atoms with van der Waals surface area (Å²) in [6.07, 6.45) is 0. The Balaban J connectivity index is 2.20. The fourth-order valence-corrected chi connectivity index (χ4v) is 1.40. The minimum Gasteiger partial charge on any atom is -0.396 e. The Morgan fingerprint density at radius 1 is 1.06 bits per heavy atom. The first-order chi connectivity index (χ1) is 8.19. The number of nitrogens with one attached hydrogen (secondary N) is 1. The van der Waals surface area contributed by atoms with Crippen molar-refractivity contribution in [1.82, 2.24) is 0 Å². The highest BCUT2D eigenvalue weighted by Gasteiger charge is 2.00. The quantitative estimate of drug-likeness (QED) is 0.775. The number of nitrogens with two attached hydrogens (primary N) is 1. The van der Waals surface area contributed by atoms with E-state index in [0.717, 1.165) is 5.69 Å². The summed E-state index contributed by atoms with van der Waals surface area (Å²) in [6.45, 7) is 0. The lowest BCUT2D eigenvalue weighted by Crippen LogP contribution is -1.94. The van der Waals surface area contributed by atoms with Crippen LogP contribution >= 0.6 is 0 Å². The molecule has 0 aliphatic carbocycles. The van der Waals surface area contributed by atoms with E-state index in [1.165, 1.54) is 12.1 Å². The third-order valence-corrected chi connectivity index (χ3v) is 2.30. The number of nitrogens with zero attached hydrogens (tertiary/aromatic N) is 1. The van der Waals surface area contributed by atoms with Crippen LogP contribution < -0.4 is 11.1 Å². The Morgan fingerprint density at radius 2 is 1.71 bits per heavy atom. The molecule has 0 spiro atoms. The number of halogens is 1. The van der Waals surface area contributed by atoms with Gasteiger partial charge in [-0.05, 0) is 42.5 Å². The Bertz CT molecular complexity index is 570. The minimum absolute atomic E-state index is 0.121. The lowest BCUT2D eigenvalue weighted by Gasteiger charge is -2.07. The molecular weight excluding hydrogens is 217 g/mol. The van der Waals surface area contributed by atoms with E-state index in [2.05, 4.69) is 5.32 Å². The van der Waals surface area contributed by atoms with Crippen LogP contribution in [0.15, 0.2) is 42.5 Å². The third-order valence-electron chi connectivity index (χ3n) is 2.30. The molecule has 0 bridgehead atoms. The van der Waals surface area contributed by atoms with Gasteiger partial charge in [0, 0.05) is 11.4 Å². The molecule has 0 unspecified atom stereocenters. The molecule has 84 valence electrons. The van der Waals surface area contributed by atoms with E-state index in [-0.39, 0.29) is 5.69 Å². The first-order valence-electron chi connectivity index (χ1n) is 5.01. The second-order valence-electron chi connectivity index (χ2n) is 3.55. The van der Waals surface area contributed by atoms with Crippen molar-refractivity contribution >= 4 is 17.1 Å². The standard InChI is InChI=1S/C13H10FN3/c14-12-7-11(5-6-13(12)16)17-10-3-1-9(8-15)2-4-10/h1-7,17H,16H2. The molecule has 0 radical (unpaired) electrons. The van der Waals surface area contributed by atoms with Crippen molar-refractivity contribution < 1.29 is 4.39 Å². The first-order valence-corrected chi connectivity index (χ1v) is 5.01. The molecule has 0 atom stereocenters. The molecule has 0 fully saturated rings. The van der Waals surface area contributed by atoms with Crippen LogP contribution in [0, 0.1) is 17.1 Å². The summed E-state index contributed by atoms with van der Waals surface area (Å²) in [7, 11) is 0. The SMILES string of the molecule is N#Cc1ccc(Nc2ccc(N)c(F)c2)cc1. The molecule has 3 nitrogen and oxygen atoms in total. The normalized spacial score (nSPS) is 9.65. The van der Waals surface area contributed by atoms with Crippen molar-refractivity contribution in [3.8, 4) is 6.07 Å². The van der Waals surface area contributed by atoms with Crippen molar-refractivity contribution in [1.29, 1.82) is 5.26 Å². The van der Waals surface area contributed by atoms with Crippen LogP contribution in [0.1, 0.15) is 5.56 Å². The molecule has 0 saturated heterocycles. The summed E-state index contributed by atoms with van der Waals surface area (Å²) in [5.74, 6) is -0.455. The third kappa shape index (κ3) is 2.52. The van der Waals surface area contributed by atoms with Gasteiger partial charge >= 0.3 is 0 Å². The van der Waals surface area contributed by atoms with Gasteiger partial charge in [-0.1, -0.05) is 0 Å². The topological polar surface area (TPSA) is 61.8 Å². The summed E-state index contributed by atoms with van der Waals surface area (Å²) in [5, 5.41) is 11.7. The number of anilines is 3. The Labute approximate surface area is 98.3 Å². The van der Waals surface area contributed by atoms with E-state index in [1.54, 1.807) is 30.3 Å². The molecule has 2 aromatic carbocycles. The highest BCUT2D eigenvalue weighted by atomic mass is 19.1. The van der Waals surface area contributed by atoms with Crippen LogP contribution in [0.2, 0.25) is 0 Å². The zero-order valence-corrected chi connectivity index (χ0v) is 8.94. The van der Waals surface area contributed by atoms with Crippen molar-refractivity contribution in [3.63, 3.8) is 0 Å². The summed E-state index contributed by atoms with van der Waals surface area (Å²) in [5.41, 5.74) is 7.48. The molecule has 0 saturated carbocycles. The molecule has 3 N–H and O–H groups in total. The van der Waals surface area contributed by atoms with Crippen LogP contribution in [-0.4, -0.2) is 0 Å². The van der Waals surface area contributed by atoms with Gasteiger partial charge in [-0.15, -0.1) is 0 Å². The smallest absolute Gasteiger partial charge is 0.148 e. The number of hydrogen-bond acceptors (Lipinski definition) is 3. The average molecular weight is 227 g/mol. The first kappa shape index (κ1) is 11.0. The Hall–Kier alpha value is -2.54. The number of nitrogen functional groups attached to an aromatic ring is 1. The van der Waals surface area contributed by atoms with Crippen LogP contribution in [0.3, 0.4) is 0 Å². The van der Waals surface area contributed by atoms with Gasteiger partial charge in [-0.25, -0.2) is 4.39 Å². The molecule has 0 aromatic heterocycles. The van der Waals surface area contributed by atoms with Gasteiger partial charge in [-0.3, -0.25) is 0 Å². The zero-order valence-electron chi connectivity index (χ0n) is 8.94. The molecule has 0 aliphatic heterocycles. The average Bonchev–Trinajstić information content (AvgIpc) is 2.35. The second-order valence-corrected chi connectivity index (χ2v) is 3.55. The minimum atomic E-state index is -0.455. The van der Waals surface area contributed by atoms with Gasteiger partial charge < -0.3 is 11.1 Å². The lowest BCUT2D eigenvalue weighted by atomic mass is 10.2. The lowest BCUT2D eigenvalue weighted by molar-refractivity contribution is 0.633. The number of hydrogen-bond donors (Lipinski definition) is 2. The highest BCUT2D eigenvalue weighted by molar-refractivity contribution is 5.62. The van der Waals surface area contributed by atoms with E-state index in [9.17, 15) is 4.39 Å². The van der Waals surface area contributed by atoms with Crippen LogP contribution in [-0.2, 0) is 0 Å². The van der Waals surface area contributed by atoms with Gasteiger partial charge in [0.15, 0.2) is 0 Å². The molecule has 17 heavy (non-hydrogen) atoms. The molecule has 0 heterocycles. The van der Waals surface area contributed by atoms with Gasteiger partial charge in [0.1, 0.15) is 5.82 Å². The number of nitriles is 1. The number of rotatable bonds is 2. The van der Waals surface area contributed by atoms with Crippen LogP contribution in [0.25, 0.3) is 0 Å². The summed E-state index contributed by atoms with van der Waals surface area (Å²) >= 11 is 0. The predicted octanol–water partition coefficient (Wildman–Crippen LogP) is 3.02. The van der Waals surface area contributed by atoms with E-state index < -0.39 is 5.82 Å². The van der Waals surface area contributed by atoms with Crippen molar-refractivity contribution in [2.75, 3.05) is 11.1 Å². The maximum absolute atomic E-state index is 13.2. The summed E-state index contributed by atoms with van der Waals surface area (Å²) < 4.78 is 13.2. The van der Waals surface area contributed by atoms with Gasteiger partial charge in [0.25, 0.3) is 0 Å². The monoisotopic (exact) mass is 227 g/mol. The molecule has 4 heteroatoms. The second kappa shape index (κ2) is 4.54. The molecule has 0 aliphatic rings. The maximum Gasteiger partial charge on any atom is 0.148 e. The van der Waals surface area contributed by atoms with E-state index in [4.69, 9.17) is 11.0 Å². The fourth-order valence-electron chi connectivity index (χ4n) is 1.40. The van der Waals surface area contributed by atoms with E-state index >= 15 is 0 Å². The molecular formula is C13H10FN3. The van der Waals surface area contributed by atoms with Gasteiger partial charge in [0.2, 0.25) is 0 Å². The van der Waals surface area contributed by atoms with E-state index in [0.29, 0.717) is 11.3 Å². The van der Waals surface area contributed by atoms with Crippen molar-refractivity contribution in [2.45, 2.75) is 0 Å². The van der Waals surface area contributed by atoms with Gasteiger partial charge in [0.05, 0.1) is 17.3 Å². The van der Waals surface area contributed by atoms with Crippen LogP contribution in [0.5, 0.6) is 0 Å². The molecule has 0 amide bonds. The predicted molar refractivity (Wildman–Crippen MR) is 65.3 cm³/mol. The summed E-state index contributed by atoms with van der Waals surface area (Å²) in [6, 6.07) is 13.4. The largest absolute Gasteiger partial charge is 0.396 e. The molecule has 2 aromatic rings. The fraction of sp³-hybridized carbons (Fsp3) is 0. The van der Waals surface area contributed by atoms with Crippen LogP contribution in [0.4, 0.5) is 21.5 Å². The summed E-state index contributed by atoms with van der Waals surface area (Å²) in [4.78, 5) is 0. The Kier molecular flexibility index (Phi) is 2.93. The highest BCUT2D eigenvalue weighted by Crippen LogP contribution is 2.20. The van der Waals surface area contributed by atoms with Crippen molar-refractivity contribution in [3.05, 3.63) is 53.8 Å². The molecule has 2 rings (SSSR count).